The SMILES string of the molecule is Cc1cc(CCc2ccon2)no1. The number of hydrogen-bond acceptors (Lipinski definition) is 4. The van der Waals surface area contributed by atoms with Crippen LogP contribution in [0.3, 0.4) is 0 Å². The minimum atomic E-state index is 0.836. The number of aromatic nitrogens is 2. The minimum Gasteiger partial charge on any atom is -0.365 e. The fourth-order valence-corrected chi connectivity index (χ4v) is 1.16. The Hall–Kier alpha value is -1.58. The van der Waals surface area contributed by atoms with Crippen molar-refractivity contribution in [3.8, 4) is 0 Å². The van der Waals surface area contributed by atoms with Crippen molar-refractivity contribution in [2.45, 2.75) is 19.8 Å². The summed E-state index contributed by atoms with van der Waals surface area (Å²) in [6.45, 7) is 1.88. The van der Waals surface area contributed by atoms with Gasteiger partial charge >= 0.3 is 0 Å². The van der Waals surface area contributed by atoms with Crippen LogP contribution in [-0.4, -0.2) is 10.3 Å². The molecule has 2 heterocycles. The fraction of sp³-hybridized carbons (Fsp3) is 0.333. The van der Waals surface area contributed by atoms with Crippen LogP contribution >= 0.6 is 0 Å². The van der Waals surface area contributed by atoms with Crippen LogP contribution in [0.1, 0.15) is 17.1 Å². The molecule has 0 fully saturated rings. The van der Waals surface area contributed by atoms with E-state index in [2.05, 4.69) is 10.3 Å². The van der Waals surface area contributed by atoms with Crippen LogP contribution in [0.4, 0.5) is 0 Å². The van der Waals surface area contributed by atoms with Gasteiger partial charge < -0.3 is 9.05 Å². The molecule has 4 nitrogen and oxygen atoms in total. The average Bonchev–Trinajstić information content (AvgIpc) is 2.71. The molecule has 68 valence electrons. The maximum atomic E-state index is 4.94. The van der Waals surface area contributed by atoms with E-state index in [1.807, 2.05) is 19.1 Å². The van der Waals surface area contributed by atoms with E-state index in [0.29, 0.717) is 0 Å². The summed E-state index contributed by atoms with van der Waals surface area (Å²) < 4.78 is 9.65. The Bertz CT molecular complexity index is 365. The summed E-state index contributed by atoms with van der Waals surface area (Å²) in [6, 6.07) is 3.78. The second-order valence-corrected chi connectivity index (χ2v) is 2.92. The van der Waals surface area contributed by atoms with Crippen molar-refractivity contribution in [3.05, 3.63) is 35.5 Å². The number of hydrogen-bond donors (Lipinski definition) is 0. The molecule has 0 atom stereocenters. The molecule has 0 N–H and O–H groups in total. The molecule has 0 amide bonds. The molecule has 0 aliphatic rings. The molecule has 2 aromatic heterocycles. The molecule has 2 aromatic rings. The number of nitrogens with zero attached hydrogens (tertiary/aromatic N) is 2. The molecule has 2 rings (SSSR count). The first-order chi connectivity index (χ1) is 6.34. The third kappa shape index (κ3) is 1.96. The Labute approximate surface area is 75.5 Å². The van der Waals surface area contributed by atoms with E-state index in [0.717, 1.165) is 30.0 Å². The third-order valence-electron chi connectivity index (χ3n) is 1.81. The molecule has 0 aromatic carbocycles. The Morgan fingerprint density at radius 3 is 2.69 bits per heavy atom. The van der Waals surface area contributed by atoms with E-state index in [-0.39, 0.29) is 0 Å². The molecule has 0 saturated heterocycles. The van der Waals surface area contributed by atoms with Gasteiger partial charge in [0.25, 0.3) is 0 Å². The predicted molar refractivity (Wildman–Crippen MR) is 45.2 cm³/mol. The molecule has 4 heteroatoms. The van der Waals surface area contributed by atoms with Crippen LogP contribution in [0.25, 0.3) is 0 Å². The van der Waals surface area contributed by atoms with Crippen molar-refractivity contribution in [2.24, 2.45) is 0 Å². The summed E-state index contributed by atoms with van der Waals surface area (Å²) in [5.74, 6) is 0.843. The monoisotopic (exact) mass is 178 g/mol. The smallest absolute Gasteiger partial charge is 0.133 e. The second kappa shape index (κ2) is 3.43. The van der Waals surface area contributed by atoms with Gasteiger partial charge in [0.1, 0.15) is 12.0 Å². The van der Waals surface area contributed by atoms with Gasteiger partial charge in [-0.1, -0.05) is 10.3 Å². The standard InChI is InChI=1S/C9H10N2O2/c1-7-6-9(11-13-7)3-2-8-4-5-12-10-8/h4-6H,2-3H2,1H3. The maximum absolute atomic E-state index is 4.94. The van der Waals surface area contributed by atoms with Crippen LogP contribution in [-0.2, 0) is 12.8 Å². The minimum absolute atomic E-state index is 0.836. The normalized spacial score (nSPS) is 10.5. The van der Waals surface area contributed by atoms with Crippen LogP contribution in [0.2, 0.25) is 0 Å². The van der Waals surface area contributed by atoms with Crippen molar-refractivity contribution in [1.82, 2.24) is 10.3 Å². The van der Waals surface area contributed by atoms with Gasteiger partial charge in [0.05, 0.1) is 11.4 Å². The first kappa shape index (κ1) is 8.04. The van der Waals surface area contributed by atoms with Gasteiger partial charge in [-0.2, -0.15) is 0 Å². The fourth-order valence-electron chi connectivity index (χ4n) is 1.16. The summed E-state index contributed by atoms with van der Waals surface area (Å²) in [5, 5.41) is 7.69. The highest BCUT2D eigenvalue weighted by atomic mass is 16.5. The van der Waals surface area contributed by atoms with Gasteiger partial charge in [0, 0.05) is 12.1 Å². The zero-order valence-electron chi connectivity index (χ0n) is 7.36. The predicted octanol–water partition coefficient (Wildman–Crippen LogP) is 1.76. The highest BCUT2D eigenvalue weighted by molar-refractivity contribution is 5.06. The van der Waals surface area contributed by atoms with Crippen molar-refractivity contribution >= 4 is 0 Å². The molecule has 0 spiro atoms. The van der Waals surface area contributed by atoms with Crippen molar-refractivity contribution in [2.75, 3.05) is 0 Å². The molecule has 0 aliphatic carbocycles. The molecule has 13 heavy (non-hydrogen) atoms. The molecular formula is C9H10N2O2. The maximum Gasteiger partial charge on any atom is 0.133 e. The zero-order valence-corrected chi connectivity index (χ0v) is 7.36. The topological polar surface area (TPSA) is 52.1 Å². The van der Waals surface area contributed by atoms with Gasteiger partial charge in [0.2, 0.25) is 0 Å². The summed E-state index contributed by atoms with van der Waals surface area (Å²) in [7, 11) is 0. The first-order valence-electron chi connectivity index (χ1n) is 4.16. The highest BCUT2D eigenvalue weighted by Gasteiger charge is 2.02. The quantitative estimate of drug-likeness (QED) is 0.718. The molecular weight excluding hydrogens is 168 g/mol. The second-order valence-electron chi connectivity index (χ2n) is 2.92. The summed E-state index contributed by atoms with van der Waals surface area (Å²) in [6.07, 6.45) is 3.25. The van der Waals surface area contributed by atoms with Gasteiger partial charge in [-0.15, -0.1) is 0 Å². The average molecular weight is 178 g/mol. The Morgan fingerprint density at radius 2 is 2.08 bits per heavy atom. The van der Waals surface area contributed by atoms with Crippen molar-refractivity contribution < 1.29 is 9.05 Å². The van der Waals surface area contributed by atoms with Crippen molar-refractivity contribution in [3.63, 3.8) is 0 Å². The van der Waals surface area contributed by atoms with E-state index in [9.17, 15) is 0 Å². The first-order valence-corrected chi connectivity index (χ1v) is 4.16. The van der Waals surface area contributed by atoms with Gasteiger partial charge in [0.15, 0.2) is 0 Å². The van der Waals surface area contributed by atoms with E-state index >= 15 is 0 Å². The molecule has 0 saturated carbocycles. The van der Waals surface area contributed by atoms with Gasteiger partial charge in [-0.05, 0) is 19.8 Å². The Kier molecular flexibility index (Phi) is 2.12. The van der Waals surface area contributed by atoms with Crippen molar-refractivity contribution in [1.29, 1.82) is 0 Å². The summed E-state index contributed by atoms with van der Waals surface area (Å²) in [4.78, 5) is 0. The highest BCUT2D eigenvalue weighted by Crippen LogP contribution is 2.05. The lowest BCUT2D eigenvalue weighted by molar-refractivity contribution is 0.389. The van der Waals surface area contributed by atoms with Gasteiger partial charge in [-0.25, -0.2) is 0 Å². The molecule has 0 radical (unpaired) electrons. The number of rotatable bonds is 3. The Morgan fingerprint density at radius 1 is 1.23 bits per heavy atom. The lowest BCUT2D eigenvalue weighted by Crippen LogP contribution is -1.90. The molecule has 0 aliphatic heterocycles. The summed E-state index contributed by atoms with van der Waals surface area (Å²) >= 11 is 0. The van der Waals surface area contributed by atoms with Gasteiger partial charge in [-0.3, -0.25) is 0 Å². The third-order valence-corrected chi connectivity index (χ3v) is 1.81. The van der Waals surface area contributed by atoms with E-state index < -0.39 is 0 Å². The Balaban J connectivity index is 1.93. The lowest BCUT2D eigenvalue weighted by atomic mass is 10.2. The molecule has 0 bridgehead atoms. The van der Waals surface area contributed by atoms with Crippen LogP contribution in [0, 0.1) is 6.92 Å². The lowest BCUT2D eigenvalue weighted by Gasteiger charge is -1.89. The largest absolute Gasteiger partial charge is 0.365 e. The van der Waals surface area contributed by atoms with E-state index in [1.54, 1.807) is 6.26 Å². The van der Waals surface area contributed by atoms with Crippen LogP contribution in [0.5, 0.6) is 0 Å². The number of aryl methyl sites for hydroxylation is 3. The van der Waals surface area contributed by atoms with Crippen LogP contribution < -0.4 is 0 Å². The van der Waals surface area contributed by atoms with E-state index in [1.165, 1.54) is 0 Å². The summed E-state index contributed by atoms with van der Waals surface area (Å²) in [5.41, 5.74) is 1.90. The van der Waals surface area contributed by atoms with E-state index in [4.69, 9.17) is 9.05 Å². The zero-order chi connectivity index (χ0) is 9.10. The molecule has 0 unspecified atom stereocenters. The van der Waals surface area contributed by atoms with Crippen LogP contribution in [0.15, 0.2) is 27.4 Å².